The van der Waals surface area contributed by atoms with Crippen LogP contribution in [0.4, 0.5) is 4.79 Å². The fourth-order valence-electron chi connectivity index (χ4n) is 2.85. The summed E-state index contributed by atoms with van der Waals surface area (Å²) in [4.78, 5) is 27.0. The van der Waals surface area contributed by atoms with Crippen molar-refractivity contribution in [1.29, 1.82) is 0 Å². The zero-order valence-corrected chi connectivity index (χ0v) is 13.0. The third kappa shape index (κ3) is 4.69. The van der Waals surface area contributed by atoms with Crippen LogP contribution >= 0.6 is 0 Å². The Bertz CT molecular complexity index is 333. The first-order chi connectivity index (χ1) is 9.47. The molecule has 0 bridgehead atoms. The SMILES string of the molecule is CCCC(C)N(C)C(=O)N1CCCCC1CCC(=O)O. The molecular weight excluding hydrogens is 256 g/mol. The van der Waals surface area contributed by atoms with Crippen molar-refractivity contribution in [2.75, 3.05) is 13.6 Å². The second kappa shape index (κ2) is 8.12. The number of hydrogen-bond acceptors (Lipinski definition) is 2. The van der Waals surface area contributed by atoms with Crippen LogP contribution in [0.1, 0.15) is 58.8 Å². The maximum atomic E-state index is 12.6. The first kappa shape index (κ1) is 16.8. The summed E-state index contributed by atoms with van der Waals surface area (Å²) in [6.45, 7) is 4.94. The standard InChI is InChI=1S/C15H28N2O3/c1-4-7-12(2)16(3)15(20)17-11-6-5-8-13(17)9-10-14(18)19/h12-13H,4-11H2,1-3H3,(H,18,19). The zero-order valence-electron chi connectivity index (χ0n) is 13.0. The minimum Gasteiger partial charge on any atom is -0.481 e. The summed E-state index contributed by atoms with van der Waals surface area (Å²) in [7, 11) is 1.85. The van der Waals surface area contributed by atoms with E-state index in [9.17, 15) is 9.59 Å². The molecule has 0 aromatic carbocycles. The Morgan fingerprint density at radius 3 is 2.70 bits per heavy atom. The lowest BCUT2D eigenvalue weighted by Gasteiger charge is -2.39. The van der Waals surface area contributed by atoms with E-state index >= 15 is 0 Å². The molecule has 0 aromatic rings. The number of carbonyl (C=O) groups is 2. The van der Waals surface area contributed by atoms with Crippen molar-refractivity contribution in [3.63, 3.8) is 0 Å². The number of nitrogens with zero attached hydrogens (tertiary/aromatic N) is 2. The topological polar surface area (TPSA) is 60.9 Å². The summed E-state index contributed by atoms with van der Waals surface area (Å²) < 4.78 is 0. The van der Waals surface area contributed by atoms with Crippen LogP contribution in [-0.2, 0) is 4.79 Å². The highest BCUT2D eigenvalue weighted by Gasteiger charge is 2.30. The van der Waals surface area contributed by atoms with Gasteiger partial charge >= 0.3 is 12.0 Å². The lowest BCUT2D eigenvalue weighted by molar-refractivity contribution is -0.137. The quantitative estimate of drug-likeness (QED) is 0.815. The van der Waals surface area contributed by atoms with E-state index in [0.29, 0.717) is 6.42 Å². The number of carboxylic acids is 1. The Morgan fingerprint density at radius 2 is 2.10 bits per heavy atom. The molecule has 1 fully saturated rings. The molecule has 1 N–H and O–H groups in total. The van der Waals surface area contributed by atoms with Gasteiger partial charge in [-0.25, -0.2) is 4.79 Å². The average molecular weight is 284 g/mol. The molecule has 2 atom stereocenters. The molecule has 0 radical (unpaired) electrons. The minimum absolute atomic E-state index is 0.0565. The highest BCUT2D eigenvalue weighted by Crippen LogP contribution is 2.23. The average Bonchev–Trinajstić information content (AvgIpc) is 2.44. The Kier molecular flexibility index (Phi) is 6.82. The van der Waals surface area contributed by atoms with E-state index in [1.165, 1.54) is 0 Å². The zero-order chi connectivity index (χ0) is 15.1. The summed E-state index contributed by atoms with van der Waals surface area (Å²) >= 11 is 0. The molecular formula is C15H28N2O3. The third-order valence-electron chi connectivity index (χ3n) is 4.23. The number of aliphatic carboxylic acids is 1. The fraction of sp³-hybridized carbons (Fsp3) is 0.867. The maximum Gasteiger partial charge on any atom is 0.320 e. The van der Waals surface area contributed by atoms with Crippen molar-refractivity contribution in [2.24, 2.45) is 0 Å². The maximum absolute atomic E-state index is 12.6. The smallest absolute Gasteiger partial charge is 0.320 e. The van der Waals surface area contributed by atoms with Crippen LogP contribution in [0.25, 0.3) is 0 Å². The van der Waals surface area contributed by atoms with Gasteiger partial charge in [-0.3, -0.25) is 4.79 Å². The van der Waals surface area contributed by atoms with E-state index < -0.39 is 5.97 Å². The summed E-state index contributed by atoms with van der Waals surface area (Å²) in [6.07, 6.45) is 5.79. The van der Waals surface area contributed by atoms with E-state index in [-0.39, 0.29) is 24.5 Å². The monoisotopic (exact) mass is 284 g/mol. The molecule has 1 aliphatic rings. The summed E-state index contributed by atoms with van der Waals surface area (Å²) in [6, 6.07) is 0.374. The van der Waals surface area contributed by atoms with Crippen molar-refractivity contribution in [1.82, 2.24) is 9.80 Å². The van der Waals surface area contributed by atoms with Crippen molar-refractivity contribution in [3.05, 3.63) is 0 Å². The molecule has 1 aliphatic heterocycles. The van der Waals surface area contributed by atoms with E-state index in [1.54, 1.807) is 0 Å². The Labute approximate surface area is 121 Å². The molecule has 1 heterocycles. The lowest BCUT2D eigenvalue weighted by Crippen LogP contribution is -2.51. The Hall–Kier alpha value is -1.26. The summed E-state index contributed by atoms with van der Waals surface area (Å²) in [5.74, 6) is -0.782. The number of urea groups is 1. The molecule has 5 heteroatoms. The van der Waals surface area contributed by atoms with Gasteiger partial charge in [-0.05, 0) is 39.0 Å². The van der Waals surface area contributed by atoms with Gasteiger partial charge in [0.1, 0.15) is 0 Å². The second-order valence-electron chi connectivity index (χ2n) is 5.81. The first-order valence-electron chi connectivity index (χ1n) is 7.72. The van der Waals surface area contributed by atoms with E-state index in [4.69, 9.17) is 5.11 Å². The predicted octanol–water partition coefficient (Wildman–Crippen LogP) is 2.95. The molecule has 2 amide bonds. The van der Waals surface area contributed by atoms with Crippen molar-refractivity contribution < 1.29 is 14.7 Å². The van der Waals surface area contributed by atoms with Gasteiger partial charge in [0.15, 0.2) is 0 Å². The molecule has 5 nitrogen and oxygen atoms in total. The number of amides is 2. The summed E-state index contributed by atoms with van der Waals surface area (Å²) in [5, 5.41) is 8.82. The molecule has 0 aliphatic carbocycles. The van der Waals surface area contributed by atoms with Crippen LogP contribution in [0.5, 0.6) is 0 Å². The van der Waals surface area contributed by atoms with Gasteiger partial charge in [0.2, 0.25) is 0 Å². The normalized spacial score (nSPS) is 20.6. The number of hydrogen-bond donors (Lipinski definition) is 1. The first-order valence-corrected chi connectivity index (χ1v) is 7.72. The molecule has 0 spiro atoms. The second-order valence-corrected chi connectivity index (χ2v) is 5.81. The lowest BCUT2D eigenvalue weighted by atomic mass is 9.98. The number of piperidine rings is 1. The number of carboxylic acid groups (broad SMARTS) is 1. The van der Waals surface area contributed by atoms with Gasteiger partial charge in [0.25, 0.3) is 0 Å². The van der Waals surface area contributed by atoms with Crippen LogP contribution in [0, 0.1) is 0 Å². The van der Waals surface area contributed by atoms with Crippen molar-refractivity contribution in [2.45, 2.75) is 70.9 Å². The molecule has 116 valence electrons. The number of rotatable bonds is 6. The Morgan fingerprint density at radius 1 is 1.40 bits per heavy atom. The molecule has 1 rings (SSSR count). The van der Waals surface area contributed by atoms with Crippen molar-refractivity contribution in [3.8, 4) is 0 Å². The largest absolute Gasteiger partial charge is 0.481 e. The molecule has 1 saturated heterocycles. The van der Waals surface area contributed by atoms with Gasteiger partial charge in [-0.15, -0.1) is 0 Å². The van der Waals surface area contributed by atoms with Crippen LogP contribution in [-0.4, -0.2) is 52.6 Å². The van der Waals surface area contributed by atoms with Crippen LogP contribution in [0.2, 0.25) is 0 Å². The third-order valence-corrected chi connectivity index (χ3v) is 4.23. The number of carbonyl (C=O) groups excluding carboxylic acids is 1. The fourth-order valence-corrected chi connectivity index (χ4v) is 2.85. The van der Waals surface area contributed by atoms with Gasteiger partial charge in [0.05, 0.1) is 0 Å². The van der Waals surface area contributed by atoms with E-state index in [2.05, 4.69) is 13.8 Å². The molecule has 20 heavy (non-hydrogen) atoms. The van der Waals surface area contributed by atoms with Crippen LogP contribution in [0.3, 0.4) is 0 Å². The van der Waals surface area contributed by atoms with Crippen LogP contribution < -0.4 is 0 Å². The van der Waals surface area contributed by atoms with Crippen molar-refractivity contribution >= 4 is 12.0 Å². The predicted molar refractivity (Wildman–Crippen MR) is 78.7 cm³/mol. The van der Waals surface area contributed by atoms with Gasteiger partial charge in [0, 0.05) is 32.1 Å². The van der Waals surface area contributed by atoms with E-state index in [1.807, 2.05) is 16.8 Å². The van der Waals surface area contributed by atoms with Gasteiger partial charge in [-0.2, -0.15) is 0 Å². The highest BCUT2D eigenvalue weighted by atomic mass is 16.4. The molecule has 0 saturated carbocycles. The minimum atomic E-state index is -0.782. The summed E-state index contributed by atoms with van der Waals surface area (Å²) in [5.41, 5.74) is 0. The molecule has 0 aromatic heterocycles. The number of likely N-dealkylation sites (tertiary alicyclic amines) is 1. The van der Waals surface area contributed by atoms with Gasteiger partial charge in [-0.1, -0.05) is 13.3 Å². The molecule has 2 unspecified atom stereocenters. The highest BCUT2D eigenvalue weighted by molar-refractivity contribution is 5.75. The van der Waals surface area contributed by atoms with E-state index in [0.717, 1.165) is 38.6 Å². The Balaban J connectivity index is 2.63. The van der Waals surface area contributed by atoms with Gasteiger partial charge < -0.3 is 14.9 Å². The van der Waals surface area contributed by atoms with Crippen LogP contribution in [0.15, 0.2) is 0 Å².